The summed E-state index contributed by atoms with van der Waals surface area (Å²) in [4.78, 5) is 10.4. The molecule has 2 heterocycles. The van der Waals surface area contributed by atoms with Gasteiger partial charge in [0.05, 0.1) is 21.3 Å². The summed E-state index contributed by atoms with van der Waals surface area (Å²) in [5.41, 5.74) is 2.23. The fourth-order valence-corrected chi connectivity index (χ4v) is 3.52. The highest BCUT2D eigenvalue weighted by Gasteiger charge is 2.13. The molecule has 5 heteroatoms. The van der Waals surface area contributed by atoms with Crippen LogP contribution in [0, 0.1) is 6.92 Å². The van der Waals surface area contributed by atoms with E-state index in [1.165, 1.54) is 4.88 Å². The molecule has 0 radical (unpaired) electrons. The van der Waals surface area contributed by atoms with Crippen molar-refractivity contribution in [3.63, 3.8) is 0 Å². The van der Waals surface area contributed by atoms with Crippen molar-refractivity contribution in [1.82, 2.24) is 9.97 Å². The lowest BCUT2D eigenvalue weighted by Gasteiger charge is -2.08. The lowest BCUT2D eigenvalue weighted by molar-refractivity contribution is 0.763. The van der Waals surface area contributed by atoms with E-state index in [2.05, 4.69) is 48.4 Å². The Morgan fingerprint density at radius 2 is 2.11 bits per heavy atom. The van der Waals surface area contributed by atoms with E-state index in [1.54, 1.807) is 22.7 Å². The lowest BCUT2D eigenvalue weighted by atomic mass is 10.2. The zero-order valence-corrected chi connectivity index (χ0v) is 12.9. The molecule has 0 aliphatic heterocycles. The first kappa shape index (κ1) is 13.5. The van der Waals surface area contributed by atoms with Crippen molar-refractivity contribution in [3.05, 3.63) is 16.1 Å². The van der Waals surface area contributed by atoms with Crippen molar-refractivity contribution in [2.45, 2.75) is 46.6 Å². The minimum Gasteiger partial charge on any atom is -0.359 e. The molecule has 2 rings (SSSR count). The van der Waals surface area contributed by atoms with E-state index in [1.807, 2.05) is 0 Å². The van der Waals surface area contributed by atoms with E-state index in [9.17, 15) is 0 Å². The summed E-state index contributed by atoms with van der Waals surface area (Å²) in [5, 5.41) is 7.66. The first-order valence-corrected chi connectivity index (χ1v) is 8.02. The van der Waals surface area contributed by atoms with Crippen molar-refractivity contribution < 1.29 is 0 Å². The molecule has 1 N–H and O–H groups in total. The maximum absolute atomic E-state index is 4.67. The molecule has 0 aliphatic carbocycles. The van der Waals surface area contributed by atoms with Gasteiger partial charge in [0.15, 0.2) is 5.13 Å². The van der Waals surface area contributed by atoms with Gasteiger partial charge in [-0.3, -0.25) is 0 Å². The molecule has 0 saturated heterocycles. The maximum atomic E-state index is 4.67. The van der Waals surface area contributed by atoms with Crippen LogP contribution in [0.1, 0.15) is 37.9 Å². The van der Waals surface area contributed by atoms with Crippen molar-refractivity contribution in [3.8, 4) is 10.6 Å². The number of hydrogen-bond acceptors (Lipinski definition) is 5. The zero-order valence-electron chi connectivity index (χ0n) is 11.3. The Balaban J connectivity index is 2.23. The Bertz CT molecular complexity index is 516. The van der Waals surface area contributed by atoms with Gasteiger partial charge in [-0.15, -0.1) is 22.7 Å². The SMILES string of the molecule is CCc1nc(C)sc1-c1csc(NC(C)CC)n1. The van der Waals surface area contributed by atoms with Crippen LogP contribution in [0.15, 0.2) is 5.38 Å². The van der Waals surface area contributed by atoms with Crippen LogP contribution >= 0.6 is 22.7 Å². The van der Waals surface area contributed by atoms with Crippen LogP contribution < -0.4 is 5.32 Å². The second-order valence-electron chi connectivity index (χ2n) is 4.35. The van der Waals surface area contributed by atoms with E-state index < -0.39 is 0 Å². The molecule has 0 fully saturated rings. The quantitative estimate of drug-likeness (QED) is 0.885. The second-order valence-corrected chi connectivity index (χ2v) is 6.42. The highest BCUT2D eigenvalue weighted by atomic mass is 32.1. The second kappa shape index (κ2) is 5.80. The van der Waals surface area contributed by atoms with E-state index in [0.717, 1.165) is 34.4 Å². The minimum atomic E-state index is 0.470. The summed E-state index contributed by atoms with van der Waals surface area (Å²) in [6, 6.07) is 0.470. The number of hydrogen-bond donors (Lipinski definition) is 1. The van der Waals surface area contributed by atoms with Crippen molar-refractivity contribution in [2.75, 3.05) is 5.32 Å². The molecule has 98 valence electrons. The molecule has 18 heavy (non-hydrogen) atoms. The third-order valence-corrected chi connectivity index (χ3v) is 4.67. The van der Waals surface area contributed by atoms with Gasteiger partial charge in [-0.25, -0.2) is 9.97 Å². The summed E-state index contributed by atoms with van der Waals surface area (Å²) in [5.74, 6) is 0. The van der Waals surface area contributed by atoms with E-state index in [4.69, 9.17) is 0 Å². The molecule has 0 aromatic carbocycles. The molecule has 0 bridgehead atoms. The maximum Gasteiger partial charge on any atom is 0.183 e. The van der Waals surface area contributed by atoms with Gasteiger partial charge in [0.25, 0.3) is 0 Å². The summed E-state index contributed by atoms with van der Waals surface area (Å²) in [7, 11) is 0. The number of thiazole rings is 2. The Morgan fingerprint density at radius 1 is 1.33 bits per heavy atom. The number of nitrogens with zero attached hydrogens (tertiary/aromatic N) is 2. The Morgan fingerprint density at radius 3 is 2.78 bits per heavy atom. The van der Waals surface area contributed by atoms with Crippen LogP contribution in [0.4, 0.5) is 5.13 Å². The molecule has 0 aliphatic rings. The van der Waals surface area contributed by atoms with Crippen LogP contribution in [0.2, 0.25) is 0 Å². The molecule has 2 aromatic heterocycles. The number of aryl methyl sites for hydroxylation is 2. The zero-order chi connectivity index (χ0) is 13.1. The lowest BCUT2D eigenvalue weighted by Crippen LogP contribution is -2.12. The van der Waals surface area contributed by atoms with Crippen molar-refractivity contribution in [2.24, 2.45) is 0 Å². The summed E-state index contributed by atoms with van der Waals surface area (Å²) >= 11 is 3.41. The molecule has 0 spiro atoms. The smallest absolute Gasteiger partial charge is 0.183 e. The molecule has 2 aromatic rings. The highest BCUT2D eigenvalue weighted by Crippen LogP contribution is 2.32. The van der Waals surface area contributed by atoms with Gasteiger partial charge in [-0.1, -0.05) is 13.8 Å². The molecule has 0 amide bonds. The van der Waals surface area contributed by atoms with Crippen LogP contribution in [0.5, 0.6) is 0 Å². The first-order valence-electron chi connectivity index (χ1n) is 6.32. The van der Waals surface area contributed by atoms with Gasteiger partial charge in [-0.05, 0) is 26.7 Å². The third kappa shape index (κ3) is 2.90. The van der Waals surface area contributed by atoms with Gasteiger partial charge >= 0.3 is 0 Å². The largest absolute Gasteiger partial charge is 0.359 e. The fourth-order valence-electron chi connectivity index (χ4n) is 1.67. The molecule has 1 unspecified atom stereocenters. The number of anilines is 1. The van der Waals surface area contributed by atoms with Crippen LogP contribution in [0.3, 0.4) is 0 Å². The number of rotatable bonds is 5. The summed E-state index contributed by atoms with van der Waals surface area (Å²) in [6.45, 7) is 8.55. The Labute approximate surface area is 116 Å². The summed E-state index contributed by atoms with van der Waals surface area (Å²) in [6.07, 6.45) is 2.07. The third-order valence-electron chi connectivity index (χ3n) is 2.86. The van der Waals surface area contributed by atoms with Gasteiger partial charge < -0.3 is 5.32 Å². The van der Waals surface area contributed by atoms with Crippen LogP contribution in [0.25, 0.3) is 10.6 Å². The number of aromatic nitrogens is 2. The van der Waals surface area contributed by atoms with Crippen LogP contribution in [-0.2, 0) is 6.42 Å². The van der Waals surface area contributed by atoms with E-state index in [0.29, 0.717) is 6.04 Å². The predicted molar refractivity (Wildman–Crippen MR) is 80.7 cm³/mol. The van der Waals surface area contributed by atoms with Gasteiger partial charge in [0, 0.05) is 11.4 Å². The molecule has 1 atom stereocenters. The van der Waals surface area contributed by atoms with Crippen LogP contribution in [-0.4, -0.2) is 16.0 Å². The van der Waals surface area contributed by atoms with Gasteiger partial charge in [-0.2, -0.15) is 0 Å². The Hall–Kier alpha value is -0.940. The molecular formula is C13H19N3S2. The Kier molecular flexibility index (Phi) is 4.35. The average Bonchev–Trinajstić information content (AvgIpc) is 2.95. The van der Waals surface area contributed by atoms with Gasteiger partial charge in [0.2, 0.25) is 0 Å². The topological polar surface area (TPSA) is 37.8 Å². The fraction of sp³-hybridized carbons (Fsp3) is 0.538. The van der Waals surface area contributed by atoms with E-state index in [-0.39, 0.29) is 0 Å². The molecule has 0 saturated carbocycles. The average molecular weight is 281 g/mol. The van der Waals surface area contributed by atoms with Crippen molar-refractivity contribution in [1.29, 1.82) is 0 Å². The highest BCUT2D eigenvalue weighted by molar-refractivity contribution is 7.16. The first-order chi connectivity index (χ1) is 8.63. The monoisotopic (exact) mass is 281 g/mol. The minimum absolute atomic E-state index is 0.470. The predicted octanol–water partition coefficient (Wildman–Crippen LogP) is 4.35. The molecular weight excluding hydrogens is 262 g/mol. The number of nitrogens with one attached hydrogen (secondary N) is 1. The standard InChI is InChI=1S/C13H19N3S2/c1-5-8(3)14-13-16-11(7-17-13)12-10(6-2)15-9(4)18-12/h7-8H,5-6H2,1-4H3,(H,14,16). The van der Waals surface area contributed by atoms with Gasteiger partial charge in [0.1, 0.15) is 0 Å². The van der Waals surface area contributed by atoms with Crippen molar-refractivity contribution >= 4 is 27.8 Å². The molecule has 3 nitrogen and oxygen atoms in total. The normalized spacial score (nSPS) is 12.7. The van der Waals surface area contributed by atoms with E-state index >= 15 is 0 Å². The summed E-state index contributed by atoms with van der Waals surface area (Å²) < 4.78 is 0.